The monoisotopic (exact) mass is 459 g/mol. The lowest BCUT2D eigenvalue weighted by molar-refractivity contribution is 0.404. The lowest BCUT2D eigenvalue weighted by Gasteiger charge is -2.20. The second-order valence-electron chi connectivity index (χ2n) is 9.81. The zero-order valence-corrected chi connectivity index (χ0v) is 19.4. The number of benzene rings is 2. The van der Waals surface area contributed by atoms with E-state index in [1.165, 1.54) is 28.7 Å². The van der Waals surface area contributed by atoms with Crippen molar-refractivity contribution in [1.82, 2.24) is 15.6 Å². The van der Waals surface area contributed by atoms with Crippen LogP contribution in [-0.2, 0) is 6.42 Å². The minimum absolute atomic E-state index is 0.286. The molecule has 2 aliphatic rings. The Balaban J connectivity index is 1.09. The molecule has 6 heteroatoms. The van der Waals surface area contributed by atoms with Gasteiger partial charge in [-0.1, -0.05) is 28.0 Å². The van der Waals surface area contributed by atoms with E-state index in [0.717, 1.165) is 86.8 Å². The lowest BCUT2D eigenvalue weighted by atomic mass is 9.91. The zero-order chi connectivity index (χ0) is 22.9. The maximum Gasteiger partial charge on any atom is 0.170 e. The summed E-state index contributed by atoms with van der Waals surface area (Å²) in [5.41, 5.74) is 6.36. The smallest absolute Gasteiger partial charge is 0.170 e. The van der Waals surface area contributed by atoms with Gasteiger partial charge in [0.05, 0.1) is 11.4 Å². The fourth-order valence-electron chi connectivity index (χ4n) is 5.67. The summed E-state index contributed by atoms with van der Waals surface area (Å²) in [4.78, 5) is 0. The number of hydrogen-bond acceptors (Lipinski definition) is 5. The Labute approximate surface area is 198 Å². The van der Waals surface area contributed by atoms with Crippen LogP contribution in [0.4, 0.5) is 4.39 Å². The number of aromatic nitrogens is 2. The van der Waals surface area contributed by atoms with Crippen LogP contribution in [0.15, 0.2) is 57.1 Å². The Morgan fingerprint density at radius 3 is 2.32 bits per heavy atom. The van der Waals surface area contributed by atoms with E-state index in [4.69, 9.17) is 9.05 Å². The van der Waals surface area contributed by atoms with Crippen molar-refractivity contribution in [2.45, 2.75) is 63.2 Å². The van der Waals surface area contributed by atoms with Crippen LogP contribution in [0.5, 0.6) is 0 Å². The predicted molar refractivity (Wildman–Crippen MR) is 130 cm³/mol. The van der Waals surface area contributed by atoms with Gasteiger partial charge in [0.1, 0.15) is 5.82 Å². The fourth-order valence-corrected chi connectivity index (χ4v) is 5.67. The Kier molecular flexibility index (Phi) is 5.91. The largest absolute Gasteiger partial charge is 0.356 e. The average molecular weight is 460 g/mol. The van der Waals surface area contributed by atoms with Gasteiger partial charge in [0.2, 0.25) is 0 Å². The van der Waals surface area contributed by atoms with E-state index in [2.05, 4.69) is 39.9 Å². The number of aryl methyl sites for hydroxylation is 1. The molecule has 1 atom stereocenters. The highest BCUT2D eigenvalue weighted by atomic mass is 19.1. The van der Waals surface area contributed by atoms with Crippen molar-refractivity contribution in [3.63, 3.8) is 0 Å². The maximum atomic E-state index is 13.5. The Bertz CT molecular complexity index is 1330. The van der Waals surface area contributed by atoms with Gasteiger partial charge in [0.15, 0.2) is 11.2 Å². The summed E-state index contributed by atoms with van der Waals surface area (Å²) in [5, 5.41) is 14.3. The molecule has 1 fully saturated rings. The summed E-state index contributed by atoms with van der Waals surface area (Å²) in [7, 11) is 0. The van der Waals surface area contributed by atoms with Crippen molar-refractivity contribution in [3.05, 3.63) is 70.8 Å². The van der Waals surface area contributed by atoms with Crippen molar-refractivity contribution in [2.24, 2.45) is 0 Å². The number of nitrogens with one attached hydrogen (secondary N) is 1. The average Bonchev–Trinajstić information content (AvgIpc) is 3.40. The van der Waals surface area contributed by atoms with Crippen molar-refractivity contribution < 1.29 is 13.4 Å². The van der Waals surface area contributed by atoms with Gasteiger partial charge in [-0.05, 0) is 94.3 Å². The van der Waals surface area contributed by atoms with Crippen LogP contribution >= 0.6 is 0 Å². The quantitative estimate of drug-likeness (QED) is 0.333. The first-order valence-electron chi connectivity index (χ1n) is 12.6. The minimum atomic E-state index is -0.286. The molecule has 0 bridgehead atoms. The van der Waals surface area contributed by atoms with Crippen molar-refractivity contribution in [1.29, 1.82) is 0 Å². The topological polar surface area (TPSA) is 64.1 Å². The molecule has 1 aliphatic carbocycles. The van der Waals surface area contributed by atoms with Gasteiger partial charge in [-0.3, -0.25) is 0 Å². The number of nitrogens with zero attached hydrogens (tertiary/aromatic N) is 2. The molecule has 2 aromatic heterocycles. The summed E-state index contributed by atoms with van der Waals surface area (Å²) < 4.78 is 24.6. The SMILES string of the molecule is Fc1ccc2c(C3CCC=C(CCc4ccc5c(C6CCNCC6)noc5c4)CC3)noc2c1. The molecular weight excluding hydrogens is 429 g/mol. The number of allylic oxidation sites excluding steroid dienone is 2. The second-order valence-corrected chi connectivity index (χ2v) is 9.81. The van der Waals surface area contributed by atoms with Gasteiger partial charge in [-0.15, -0.1) is 0 Å². The molecule has 0 spiro atoms. The minimum Gasteiger partial charge on any atom is -0.356 e. The fraction of sp³-hybridized carbons (Fsp3) is 0.429. The molecule has 3 heterocycles. The third-order valence-corrected chi connectivity index (χ3v) is 7.64. The third kappa shape index (κ3) is 4.27. The second kappa shape index (κ2) is 9.34. The van der Waals surface area contributed by atoms with Gasteiger partial charge < -0.3 is 14.4 Å². The highest BCUT2D eigenvalue weighted by Crippen LogP contribution is 2.36. The number of piperidine rings is 1. The molecular formula is C28H30FN3O2. The van der Waals surface area contributed by atoms with E-state index >= 15 is 0 Å². The van der Waals surface area contributed by atoms with Crippen LogP contribution in [0.25, 0.3) is 21.9 Å². The number of halogens is 1. The molecule has 0 amide bonds. The third-order valence-electron chi connectivity index (χ3n) is 7.64. The summed E-state index contributed by atoms with van der Waals surface area (Å²) in [6, 6.07) is 11.3. The van der Waals surface area contributed by atoms with Crippen LogP contribution in [0, 0.1) is 5.82 Å². The van der Waals surface area contributed by atoms with E-state index in [1.807, 2.05) is 0 Å². The Hall–Kier alpha value is -2.99. The van der Waals surface area contributed by atoms with Gasteiger partial charge >= 0.3 is 0 Å². The molecule has 4 aromatic rings. The highest BCUT2D eigenvalue weighted by Gasteiger charge is 2.23. The normalized spacial score (nSPS) is 20.0. The predicted octanol–water partition coefficient (Wildman–Crippen LogP) is 6.79. The zero-order valence-electron chi connectivity index (χ0n) is 19.4. The van der Waals surface area contributed by atoms with Crippen LogP contribution in [-0.4, -0.2) is 23.4 Å². The van der Waals surface area contributed by atoms with Crippen LogP contribution in [0.1, 0.15) is 73.7 Å². The molecule has 2 aromatic carbocycles. The molecule has 0 saturated carbocycles. The van der Waals surface area contributed by atoms with E-state index in [0.29, 0.717) is 17.4 Å². The molecule has 1 unspecified atom stereocenters. The van der Waals surface area contributed by atoms with Crippen LogP contribution in [0.2, 0.25) is 0 Å². The Morgan fingerprint density at radius 1 is 0.824 bits per heavy atom. The first kappa shape index (κ1) is 21.5. The molecule has 176 valence electrons. The first-order chi connectivity index (χ1) is 16.7. The van der Waals surface area contributed by atoms with Crippen molar-refractivity contribution >= 4 is 21.9 Å². The highest BCUT2D eigenvalue weighted by molar-refractivity contribution is 5.81. The van der Waals surface area contributed by atoms with E-state index in [1.54, 1.807) is 6.07 Å². The van der Waals surface area contributed by atoms with Gasteiger partial charge in [0.25, 0.3) is 0 Å². The molecule has 34 heavy (non-hydrogen) atoms. The Morgan fingerprint density at radius 2 is 1.53 bits per heavy atom. The van der Waals surface area contributed by atoms with Gasteiger partial charge in [-0.25, -0.2) is 4.39 Å². The molecule has 6 rings (SSSR count). The molecule has 1 aliphatic heterocycles. The summed E-state index contributed by atoms with van der Waals surface area (Å²) >= 11 is 0. The maximum absolute atomic E-state index is 13.5. The molecule has 1 N–H and O–H groups in total. The summed E-state index contributed by atoms with van der Waals surface area (Å²) in [6.45, 7) is 2.11. The molecule has 5 nitrogen and oxygen atoms in total. The standard InChI is InChI=1S/C28H30FN3O2/c29-22-9-11-24-26(17-22)34-31-27(24)20-3-1-2-18(6-8-20)4-5-19-7-10-23-25(16-19)33-32-28(23)21-12-14-30-15-13-21/h2,7,9-11,16-17,20-21,30H,1,3-6,8,12-15H2. The van der Waals surface area contributed by atoms with E-state index < -0.39 is 0 Å². The van der Waals surface area contributed by atoms with Crippen molar-refractivity contribution in [2.75, 3.05) is 13.1 Å². The van der Waals surface area contributed by atoms with E-state index in [9.17, 15) is 4.39 Å². The summed E-state index contributed by atoms with van der Waals surface area (Å²) in [5.74, 6) is 0.559. The number of hydrogen-bond donors (Lipinski definition) is 1. The van der Waals surface area contributed by atoms with Crippen LogP contribution < -0.4 is 5.32 Å². The van der Waals surface area contributed by atoms with Crippen LogP contribution in [0.3, 0.4) is 0 Å². The number of fused-ring (bicyclic) bond motifs is 2. The van der Waals surface area contributed by atoms with Gasteiger partial charge in [-0.2, -0.15) is 0 Å². The lowest BCUT2D eigenvalue weighted by Crippen LogP contribution is -2.26. The van der Waals surface area contributed by atoms with Crippen molar-refractivity contribution in [3.8, 4) is 0 Å². The molecule has 1 saturated heterocycles. The first-order valence-corrected chi connectivity index (χ1v) is 12.6. The number of rotatable bonds is 5. The summed E-state index contributed by atoms with van der Waals surface area (Å²) in [6.07, 6.45) is 10.9. The van der Waals surface area contributed by atoms with Gasteiger partial charge in [0, 0.05) is 28.7 Å². The van der Waals surface area contributed by atoms with E-state index in [-0.39, 0.29) is 5.82 Å². The molecule has 0 radical (unpaired) electrons.